The molecule has 7 heteroatoms. The smallest absolute Gasteiger partial charge is 0.261 e. The van der Waals surface area contributed by atoms with Crippen molar-refractivity contribution in [2.45, 2.75) is 6.92 Å². The number of fused-ring (bicyclic) bond motifs is 1. The van der Waals surface area contributed by atoms with Crippen LogP contribution < -0.4 is 16.1 Å². The number of hydrogen-bond acceptors (Lipinski definition) is 3. The number of carbonyl (C=O) groups is 2. The number of hydrogen-bond donors (Lipinski definition) is 3. The second kappa shape index (κ2) is 6.56. The fraction of sp³-hybridized carbons (Fsp3) is 0.0556. The Bertz CT molecular complexity index is 1040. The summed E-state index contributed by atoms with van der Waals surface area (Å²) in [4.78, 5) is 38.7. The first kappa shape index (κ1) is 16.4. The predicted octanol–water partition coefficient (Wildman–Crippen LogP) is 2.88. The maximum absolute atomic E-state index is 13.4. The zero-order valence-corrected chi connectivity index (χ0v) is 13.2. The summed E-state index contributed by atoms with van der Waals surface area (Å²) in [5.41, 5.74) is 0.664. The van der Waals surface area contributed by atoms with E-state index in [4.69, 9.17) is 0 Å². The van der Waals surface area contributed by atoms with Crippen LogP contribution in [0, 0.1) is 5.82 Å². The average molecular weight is 339 g/mol. The summed E-state index contributed by atoms with van der Waals surface area (Å²) >= 11 is 0. The number of benzene rings is 2. The Kier molecular flexibility index (Phi) is 4.30. The van der Waals surface area contributed by atoms with Gasteiger partial charge in [-0.25, -0.2) is 4.39 Å². The number of aromatic nitrogens is 1. The van der Waals surface area contributed by atoms with Crippen LogP contribution in [0.25, 0.3) is 10.9 Å². The zero-order chi connectivity index (χ0) is 18.0. The summed E-state index contributed by atoms with van der Waals surface area (Å²) < 4.78 is 13.4. The van der Waals surface area contributed by atoms with Crippen molar-refractivity contribution >= 4 is 34.1 Å². The van der Waals surface area contributed by atoms with Crippen molar-refractivity contribution in [1.82, 2.24) is 4.98 Å². The molecule has 3 rings (SSSR count). The highest BCUT2D eigenvalue weighted by atomic mass is 19.1. The largest absolute Gasteiger partial charge is 0.360 e. The van der Waals surface area contributed by atoms with E-state index in [1.807, 2.05) is 0 Å². The summed E-state index contributed by atoms with van der Waals surface area (Å²) in [5.74, 6) is -1.43. The van der Waals surface area contributed by atoms with E-state index >= 15 is 0 Å². The van der Waals surface area contributed by atoms with Crippen molar-refractivity contribution in [3.05, 3.63) is 70.3 Å². The highest BCUT2D eigenvalue weighted by Gasteiger charge is 2.14. The van der Waals surface area contributed by atoms with Crippen molar-refractivity contribution in [1.29, 1.82) is 0 Å². The summed E-state index contributed by atoms with van der Waals surface area (Å²) in [6, 6.07) is 10.3. The van der Waals surface area contributed by atoms with E-state index in [2.05, 4.69) is 15.6 Å². The van der Waals surface area contributed by atoms with Crippen molar-refractivity contribution in [3.8, 4) is 0 Å². The second-order valence-electron chi connectivity index (χ2n) is 5.44. The van der Waals surface area contributed by atoms with Gasteiger partial charge in [-0.1, -0.05) is 6.07 Å². The van der Waals surface area contributed by atoms with Crippen LogP contribution in [0.5, 0.6) is 0 Å². The van der Waals surface area contributed by atoms with E-state index in [9.17, 15) is 18.8 Å². The number of H-pyrrole nitrogens is 1. The SMILES string of the molecule is CC(=O)Nc1cccc(NC(=O)c2c[nH]c3ccc(F)cc3c2=O)c1. The molecule has 1 aromatic heterocycles. The van der Waals surface area contributed by atoms with Crippen LogP contribution in [-0.2, 0) is 4.79 Å². The van der Waals surface area contributed by atoms with Gasteiger partial charge in [-0.3, -0.25) is 14.4 Å². The molecule has 0 aliphatic heterocycles. The maximum Gasteiger partial charge on any atom is 0.261 e. The van der Waals surface area contributed by atoms with Gasteiger partial charge in [-0.05, 0) is 36.4 Å². The first-order valence-electron chi connectivity index (χ1n) is 7.44. The third-order valence-electron chi connectivity index (χ3n) is 3.53. The molecule has 1 heterocycles. The molecule has 0 unspecified atom stereocenters. The molecule has 0 radical (unpaired) electrons. The van der Waals surface area contributed by atoms with Gasteiger partial charge in [0.25, 0.3) is 5.91 Å². The summed E-state index contributed by atoms with van der Waals surface area (Å²) in [5, 5.41) is 5.29. The number of halogens is 1. The van der Waals surface area contributed by atoms with Crippen molar-refractivity contribution < 1.29 is 14.0 Å². The lowest BCUT2D eigenvalue weighted by Crippen LogP contribution is -2.22. The molecule has 126 valence electrons. The molecule has 0 spiro atoms. The number of rotatable bonds is 3. The van der Waals surface area contributed by atoms with Gasteiger partial charge in [0.05, 0.1) is 0 Å². The van der Waals surface area contributed by atoms with E-state index in [0.29, 0.717) is 16.9 Å². The Morgan fingerprint density at radius 2 is 1.76 bits per heavy atom. The fourth-order valence-corrected chi connectivity index (χ4v) is 2.44. The van der Waals surface area contributed by atoms with Gasteiger partial charge in [0.2, 0.25) is 11.3 Å². The maximum atomic E-state index is 13.4. The van der Waals surface area contributed by atoms with Crippen molar-refractivity contribution in [2.24, 2.45) is 0 Å². The number of amides is 2. The Labute approximate surface area is 141 Å². The normalized spacial score (nSPS) is 10.5. The summed E-state index contributed by atoms with van der Waals surface area (Å²) in [6.45, 7) is 1.37. The van der Waals surface area contributed by atoms with Crippen LogP contribution in [0.2, 0.25) is 0 Å². The molecule has 3 aromatic rings. The molecule has 0 aliphatic carbocycles. The summed E-state index contributed by atoms with van der Waals surface area (Å²) in [7, 11) is 0. The van der Waals surface area contributed by atoms with Crippen LogP contribution in [0.15, 0.2) is 53.5 Å². The third-order valence-corrected chi connectivity index (χ3v) is 3.53. The van der Waals surface area contributed by atoms with Crippen LogP contribution in [-0.4, -0.2) is 16.8 Å². The molecule has 2 aromatic carbocycles. The minimum atomic E-state index is -0.632. The van der Waals surface area contributed by atoms with Crippen molar-refractivity contribution in [3.63, 3.8) is 0 Å². The van der Waals surface area contributed by atoms with Crippen LogP contribution in [0.3, 0.4) is 0 Å². The fourth-order valence-electron chi connectivity index (χ4n) is 2.44. The van der Waals surface area contributed by atoms with Gasteiger partial charge < -0.3 is 15.6 Å². The lowest BCUT2D eigenvalue weighted by Gasteiger charge is -2.08. The molecule has 0 bridgehead atoms. The average Bonchev–Trinajstić information content (AvgIpc) is 2.55. The lowest BCUT2D eigenvalue weighted by molar-refractivity contribution is -0.114. The number of nitrogens with one attached hydrogen (secondary N) is 3. The number of anilines is 2. The standard InChI is InChI=1S/C18H14FN3O3/c1-10(23)21-12-3-2-4-13(8-12)22-18(25)15-9-20-16-6-5-11(19)7-14(16)17(15)24/h2-9H,1H3,(H,20,24)(H,21,23)(H,22,25). The van der Waals surface area contributed by atoms with Gasteiger partial charge in [0, 0.05) is 35.4 Å². The molecule has 0 saturated carbocycles. The lowest BCUT2D eigenvalue weighted by atomic mass is 10.1. The van der Waals surface area contributed by atoms with E-state index < -0.39 is 17.2 Å². The van der Waals surface area contributed by atoms with Gasteiger partial charge >= 0.3 is 0 Å². The number of pyridine rings is 1. The first-order valence-corrected chi connectivity index (χ1v) is 7.44. The summed E-state index contributed by atoms with van der Waals surface area (Å²) in [6.07, 6.45) is 1.29. The van der Waals surface area contributed by atoms with Crippen LogP contribution in [0.4, 0.5) is 15.8 Å². The molecule has 0 saturated heterocycles. The van der Waals surface area contributed by atoms with Crippen LogP contribution >= 0.6 is 0 Å². The Balaban J connectivity index is 1.91. The number of aromatic amines is 1. The first-order chi connectivity index (χ1) is 11.9. The molecule has 0 fully saturated rings. The highest BCUT2D eigenvalue weighted by Crippen LogP contribution is 2.16. The Morgan fingerprint density at radius 1 is 1.04 bits per heavy atom. The Hall–Kier alpha value is -3.48. The highest BCUT2D eigenvalue weighted by molar-refractivity contribution is 6.06. The Morgan fingerprint density at radius 3 is 2.48 bits per heavy atom. The molecular formula is C18H14FN3O3. The quantitative estimate of drug-likeness (QED) is 0.685. The minimum Gasteiger partial charge on any atom is -0.360 e. The minimum absolute atomic E-state index is 0.0969. The van der Waals surface area contributed by atoms with Gasteiger partial charge in [0.1, 0.15) is 11.4 Å². The molecule has 0 aliphatic rings. The van der Waals surface area contributed by atoms with E-state index in [1.165, 1.54) is 25.3 Å². The molecule has 3 N–H and O–H groups in total. The van der Waals surface area contributed by atoms with Gasteiger partial charge in [-0.15, -0.1) is 0 Å². The van der Waals surface area contributed by atoms with Gasteiger partial charge in [-0.2, -0.15) is 0 Å². The van der Waals surface area contributed by atoms with E-state index in [-0.39, 0.29) is 16.9 Å². The molecule has 2 amide bonds. The predicted molar refractivity (Wildman–Crippen MR) is 93.2 cm³/mol. The van der Waals surface area contributed by atoms with E-state index in [1.54, 1.807) is 24.3 Å². The molecule has 6 nitrogen and oxygen atoms in total. The third kappa shape index (κ3) is 3.55. The number of carbonyl (C=O) groups excluding carboxylic acids is 2. The molecule has 0 atom stereocenters. The van der Waals surface area contributed by atoms with Crippen molar-refractivity contribution in [2.75, 3.05) is 10.6 Å². The van der Waals surface area contributed by atoms with Crippen LogP contribution in [0.1, 0.15) is 17.3 Å². The van der Waals surface area contributed by atoms with Gasteiger partial charge in [0.15, 0.2) is 0 Å². The van der Waals surface area contributed by atoms with E-state index in [0.717, 1.165) is 6.07 Å². The molecular weight excluding hydrogens is 325 g/mol. The second-order valence-corrected chi connectivity index (χ2v) is 5.44. The molecule has 25 heavy (non-hydrogen) atoms. The monoisotopic (exact) mass is 339 g/mol. The zero-order valence-electron chi connectivity index (χ0n) is 13.2. The topological polar surface area (TPSA) is 91.1 Å².